The third kappa shape index (κ3) is 3.72. The van der Waals surface area contributed by atoms with Crippen LogP contribution in [0, 0.1) is 0 Å². The lowest BCUT2D eigenvalue weighted by Crippen LogP contribution is -2.49. The topological polar surface area (TPSA) is 45.6 Å². The molecule has 1 N–H and O–H groups in total. The fourth-order valence-electron chi connectivity index (χ4n) is 2.15. The molecular formula is C12H20Cl2N2O2. The zero-order valence-corrected chi connectivity index (χ0v) is 12.0. The Morgan fingerprint density at radius 1 is 1.50 bits per heavy atom. The highest BCUT2D eigenvalue weighted by atomic mass is 35.5. The minimum atomic E-state index is -0.212. The van der Waals surface area contributed by atoms with Crippen LogP contribution >= 0.6 is 24.8 Å². The van der Waals surface area contributed by atoms with Gasteiger partial charge in [0.15, 0.2) is 0 Å². The van der Waals surface area contributed by atoms with E-state index in [1.807, 2.05) is 19.2 Å². The van der Waals surface area contributed by atoms with Gasteiger partial charge in [-0.05, 0) is 38.6 Å². The zero-order valence-electron chi connectivity index (χ0n) is 10.4. The maximum absolute atomic E-state index is 9.53. The van der Waals surface area contributed by atoms with Crippen molar-refractivity contribution >= 4 is 24.8 Å². The van der Waals surface area contributed by atoms with Gasteiger partial charge in [0.25, 0.3) is 0 Å². The van der Waals surface area contributed by atoms with Crippen LogP contribution in [0.5, 0.6) is 5.75 Å². The van der Waals surface area contributed by atoms with Gasteiger partial charge in [0.1, 0.15) is 12.4 Å². The molecule has 0 saturated carbocycles. The van der Waals surface area contributed by atoms with E-state index in [0.717, 1.165) is 25.1 Å². The molecule has 2 heterocycles. The fourth-order valence-corrected chi connectivity index (χ4v) is 2.15. The summed E-state index contributed by atoms with van der Waals surface area (Å²) in [5.41, 5.74) is -0.212. The first-order valence-electron chi connectivity index (χ1n) is 5.62. The van der Waals surface area contributed by atoms with E-state index in [-0.39, 0.29) is 37.0 Å². The van der Waals surface area contributed by atoms with Crippen LogP contribution in [0.1, 0.15) is 12.8 Å². The molecule has 1 aliphatic heterocycles. The maximum atomic E-state index is 9.53. The van der Waals surface area contributed by atoms with E-state index in [9.17, 15) is 5.11 Å². The molecule has 1 aromatic rings. The molecule has 18 heavy (non-hydrogen) atoms. The molecule has 0 spiro atoms. The number of hydrogen-bond acceptors (Lipinski definition) is 4. The second-order valence-electron chi connectivity index (χ2n) is 4.38. The molecule has 0 aromatic carbocycles. The molecule has 6 heteroatoms. The van der Waals surface area contributed by atoms with Crippen LogP contribution in [0.3, 0.4) is 0 Å². The number of aromatic nitrogens is 1. The summed E-state index contributed by atoms with van der Waals surface area (Å²) in [5, 5.41) is 9.53. The van der Waals surface area contributed by atoms with E-state index in [2.05, 4.69) is 9.88 Å². The summed E-state index contributed by atoms with van der Waals surface area (Å²) in [6, 6.07) is 3.73. The highest BCUT2D eigenvalue weighted by Gasteiger charge is 2.38. The van der Waals surface area contributed by atoms with Crippen LogP contribution in [0.4, 0.5) is 0 Å². The number of rotatable bonds is 4. The molecule has 4 nitrogen and oxygen atoms in total. The lowest BCUT2D eigenvalue weighted by atomic mass is 9.99. The summed E-state index contributed by atoms with van der Waals surface area (Å²) < 4.78 is 5.69. The number of aliphatic hydroxyl groups is 1. The summed E-state index contributed by atoms with van der Waals surface area (Å²) in [5.74, 6) is 0.760. The Balaban J connectivity index is 0.00000144. The number of pyridine rings is 1. The molecule has 1 saturated heterocycles. The molecule has 0 radical (unpaired) electrons. The predicted octanol–water partition coefficient (Wildman–Crippen LogP) is 1.76. The SMILES string of the molecule is CN1CCC[C@]1(CO)COc1cccnc1.Cl.Cl. The monoisotopic (exact) mass is 294 g/mol. The number of likely N-dealkylation sites (N-methyl/N-ethyl adjacent to an activating group) is 1. The Labute approximate surface area is 120 Å². The molecule has 1 fully saturated rings. The summed E-state index contributed by atoms with van der Waals surface area (Å²) in [7, 11) is 2.04. The lowest BCUT2D eigenvalue weighted by molar-refractivity contribution is 0.0392. The van der Waals surface area contributed by atoms with E-state index in [1.54, 1.807) is 12.4 Å². The van der Waals surface area contributed by atoms with Crippen molar-refractivity contribution in [1.29, 1.82) is 0 Å². The number of halogens is 2. The van der Waals surface area contributed by atoms with Gasteiger partial charge in [-0.2, -0.15) is 0 Å². The van der Waals surface area contributed by atoms with Crippen molar-refractivity contribution in [3.8, 4) is 5.75 Å². The van der Waals surface area contributed by atoms with Crippen molar-refractivity contribution in [1.82, 2.24) is 9.88 Å². The van der Waals surface area contributed by atoms with Crippen molar-refractivity contribution in [2.24, 2.45) is 0 Å². The van der Waals surface area contributed by atoms with Gasteiger partial charge in [-0.3, -0.25) is 9.88 Å². The highest BCUT2D eigenvalue weighted by molar-refractivity contribution is 5.85. The van der Waals surface area contributed by atoms with Crippen molar-refractivity contribution in [2.45, 2.75) is 18.4 Å². The van der Waals surface area contributed by atoms with Gasteiger partial charge in [0, 0.05) is 6.20 Å². The molecule has 1 aromatic heterocycles. The Morgan fingerprint density at radius 2 is 2.28 bits per heavy atom. The van der Waals surface area contributed by atoms with Crippen LogP contribution in [-0.4, -0.2) is 47.3 Å². The summed E-state index contributed by atoms with van der Waals surface area (Å²) in [6.07, 6.45) is 5.52. The molecule has 1 aliphatic rings. The van der Waals surface area contributed by atoms with E-state index in [4.69, 9.17) is 4.74 Å². The molecule has 0 aliphatic carbocycles. The summed E-state index contributed by atoms with van der Waals surface area (Å²) in [4.78, 5) is 6.18. The van der Waals surface area contributed by atoms with Gasteiger partial charge in [-0.1, -0.05) is 0 Å². The molecular weight excluding hydrogens is 275 g/mol. The molecule has 104 valence electrons. The number of aliphatic hydroxyl groups excluding tert-OH is 1. The summed E-state index contributed by atoms with van der Waals surface area (Å²) in [6.45, 7) is 1.69. The van der Waals surface area contributed by atoms with Crippen LogP contribution in [0.15, 0.2) is 24.5 Å². The second-order valence-corrected chi connectivity index (χ2v) is 4.38. The van der Waals surface area contributed by atoms with Crippen molar-refractivity contribution < 1.29 is 9.84 Å². The third-order valence-electron chi connectivity index (χ3n) is 3.38. The van der Waals surface area contributed by atoms with E-state index in [0.29, 0.717) is 6.61 Å². The van der Waals surface area contributed by atoms with Gasteiger partial charge in [0.05, 0.1) is 18.3 Å². The van der Waals surface area contributed by atoms with Gasteiger partial charge in [-0.25, -0.2) is 0 Å². The number of hydrogen-bond donors (Lipinski definition) is 1. The van der Waals surface area contributed by atoms with Crippen LogP contribution in [-0.2, 0) is 0 Å². The molecule has 1 atom stereocenters. The first-order valence-corrected chi connectivity index (χ1v) is 5.62. The van der Waals surface area contributed by atoms with E-state index < -0.39 is 0 Å². The molecule has 2 rings (SSSR count). The number of nitrogens with zero attached hydrogens (tertiary/aromatic N) is 2. The standard InChI is InChI=1S/C12H18N2O2.2ClH/c1-14-7-3-5-12(14,9-15)10-16-11-4-2-6-13-8-11;;/h2,4,6,8,15H,3,5,7,9-10H2,1H3;2*1H/t12-;;/m0../s1. The first kappa shape index (κ1) is 17.4. The maximum Gasteiger partial charge on any atom is 0.137 e. The number of likely N-dealkylation sites (tertiary alicyclic amines) is 1. The largest absolute Gasteiger partial charge is 0.490 e. The van der Waals surface area contributed by atoms with Gasteiger partial charge in [0.2, 0.25) is 0 Å². The Hall–Kier alpha value is -0.550. The fraction of sp³-hybridized carbons (Fsp3) is 0.583. The van der Waals surface area contributed by atoms with Gasteiger partial charge < -0.3 is 9.84 Å². The van der Waals surface area contributed by atoms with Crippen molar-refractivity contribution in [3.63, 3.8) is 0 Å². The average molecular weight is 295 g/mol. The molecule has 0 amide bonds. The van der Waals surface area contributed by atoms with Crippen LogP contribution in [0.2, 0.25) is 0 Å². The number of ether oxygens (including phenoxy) is 1. The Kier molecular flexibility index (Phi) is 7.55. The second kappa shape index (κ2) is 7.79. The smallest absolute Gasteiger partial charge is 0.137 e. The van der Waals surface area contributed by atoms with Gasteiger partial charge >= 0.3 is 0 Å². The van der Waals surface area contributed by atoms with Crippen LogP contribution in [0.25, 0.3) is 0 Å². The lowest BCUT2D eigenvalue weighted by Gasteiger charge is -2.33. The van der Waals surface area contributed by atoms with Gasteiger partial charge in [-0.15, -0.1) is 24.8 Å². The van der Waals surface area contributed by atoms with Crippen LogP contribution < -0.4 is 4.74 Å². The van der Waals surface area contributed by atoms with E-state index >= 15 is 0 Å². The van der Waals surface area contributed by atoms with E-state index in [1.165, 1.54) is 0 Å². The zero-order chi connectivity index (χ0) is 11.4. The highest BCUT2D eigenvalue weighted by Crippen LogP contribution is 2.28. The average Bonchev–Trinajstić information content (AvgIpc) is 2.70. The van der Waals surface area contributed by atoms with Crippen molar-refractivity contribution in [3.05, 3.63) is 24.5 Å². The quantitative estimate of drug-likeness (QED) is 0.919. The minimum absolute atomic E-state index is 0. The Bertz CT molecular complexity index is 340. The third-order valence-corrected chi connectivity index (χ3v) is 3.38. The first-order chi connectivity index (χ1) is 7.77. The predicted molar refractivity (Wildman–Crippen MR) is 75.9 cm³/mol. The summed E-state index contributed by atoms with van der Waals surface area (Å²) >= 11 is 0. The minimum Gasteiger partial charge on any atom is -0.490 e. The molecule has 0 bridgehead atoms. The van der Waals surface area contributed by atoms with Crippen molar-refractivity contribution in [2.75, 3.05) is 26.8 Å². The normalized spacial score (nSPS) is 23.0. The molecule has 0 unspecified atom stereocenters. The Morgan fingerprint density at radius 3 is 2.78 bits per heavy atom.